The van der Waals surface area contributed by atoms with Crippen LogP contribution in [0.15, 0.2) is 182 Å². The molecule has 0 aromatic heterocycles. The summed E-state index contributed by atoms with van der Waals surface area (Å²) in [5.74, 6) is 0. The Labute approximate surface area is 275 Å². The second kappa shape index (κ2) is 14.0. The van der Waals surface area contributed by atoms with Crippen LogP contribution in [0.2, 0.25) is 0 Å². The van der Waals surface area contributed by atoms with Gasteiger partial charge >= 0.3 is 0 Å². The summed E-state index contributed by atoms with van der Waals surface area (Å²) in [5, 5.41) is 7.55. The smallest absolute Gasteiger partial charge is 0.288 e. The Bertz CT molecular complexity index is 1450. The van der Waals surface area contributed by atoms with Crippen molar-refractivity contribution in [2.45, 2.75) is 37.9 Å². The molecule has 2 nitrogen and oxygen atoms in total. The predicted molar refractivity (Wildman–Crippen MR) is 196 cm³/mol. The molecule has 4 heteroatoms. The van der Waals surface area contributed by atoms with Crippen LogP contribution in [0.1, 0.15) is 25.7 Å². The summed E-state index contributed by atoms with van der Waals surface area (Å²) in [7, 11) is -5.86. The SMILES string of the molecule is c1ccc([Si](OC2CCCCC2O[Si](c2ccccc2)(c2ccccc2)c2ccccc2)(c2ccccc2)c2ccccc2)cc1. The maximum absolute atomic E-state index is 7.84. The van der Waals surface area contributed by atoms with E-state index in [-0.39, 0.29) is 12.2 Å². The van der Waals surface area contributed by atoms with Gasteiger partial charge in [0.1, 0.15) is 0 Å². The Hall–Kier alpha value is -4.33. The summed E-state index contributed by atoms with van der Waals surface area (Å²) < 4.78 is 15.7. The third kappa shape index (κ3) is 5.85. The molecule has 6 aromatic rings. The van der Waals surface area contributed by atoms with E-state index in [1.807, 2.05) is 0 Å². The van der Waals surface area contributed by atoms with Gasteiger partial charge in [0, 0.05) is 0 Å². The van der Waals surface area contributed by atoms with E-state index in [0.717, 1.165) is 25.7 Å². The van der Waals surface area contributed by atoms with Gasteiger partial charge in [0.05, 0.1) is 12.2 Å². The Morgan fingerprint density at radius 2 is 0.500 bits per heavy atom. The molecule has 228 valence electrons. The van der Waals surface area contributed by atoms with E-state index >= 15 is 0 Å². The van der Waals surface area contributed by atoms with Gasteiger partial charge in [-0.05, 0) is 44.0 Å². The van der Waals surface area contributed by atoms with Crippen molar-refractivity contribution >= 4 is 47.8 Å². The lowest BCUT2D eigenvalue weighted by Gasteiger charge is -2.44. The van der Waals surface area contributed by atoms with Gasteiger partial charge in [-0.1, -0.05) is 195 Å². The van der Waals surface area contributed by atoms with E-state index in [0.29, 0.717) is 0 Å². The van der Waals surface area contributed by atoms with Gasteiger partial charge in [0.2, 0.25) is 0 Å². The first-order valence-electron chi connectivity index (χ1n) is 16.5. The molecule has 0 saturated heterocycles. The second-order valence-corrected chi connectivity index (χ2v) is 18.8. The zero-order chi connectivity index (χ0) is 31.1. The fourth-order valence-electron chi connectivity index (χ4n) is 7.23. The number of hydrogen-bond acceptors (Lipinski definition) is 2. The standard InChI is InChI=1S/C42H40O2Si2/c1-7-21-35(22-8-1)45(36-23-9-2-10-24-36,37-25-11-3-12-26-37)43-41-33-19-20-34-42(41)44-46(38-27-13-4-14-28-38,39-29-15-5-16-30-39)40-31-17-6-18-32-40/h1-18,21-32,41-42H,19-20,33-34H2. The van der Waals surface area contributed by atoms with Crippen molar-refractivity contribution in [1.82, 2.24) is 0 Å². The highest BCUT2D eigenvalue weighted by molar-refractivity contribution is 7.07. The van der Waals surface area contributed by atoms with Gasteiger partial charge < -0.3 is 8.85 Å². The zero-order valence-corrected chi connectivity index (χ0v) is 28.1. The molecule has 46 heavy (non-hydrogen) atoms. The van der Waals surface area contributed by atoms with Crippen LogP contribution in [-0.4, -0.2) is 28.8 Å². The molecule has 1 aliphatic rings. The maximum Gasteiger partial charge on any atom is 0.288 e. The Morgan fingerprint density at radius 3 is 0.696 bits per heavy atom. The molecule has 2 atom stereocenters. The number of hydrogen-bond donors (Lipinski definition) is 0. The first-order chi connectivity index (χ1) is 22.8. The van der Waals surface area contributed by atoms with Crippen molar-refractivity contribution in [1.29, 1.82) is 0 Å². The highest BCUT2D eigenvalue weighted by Gasteiger charge is 2.49. The van der Waals surface area contributed by atoms with Crippen LogP contribution < -0.4 is 31.1 Å². The van der Waals surface area contributed by atoms with Crippen molar-refractivity contribution in [3.05, 3.63) is 182 Å². The number of rotatable bonds is 10. The van der Waals surface area contributed by atoms with Crippen LogP contribution in [0.4, 0.5) is 0 Å². The molecule has 0 N–H and O–H groups in total. The summed E-state index contributed by atoms with van der Waals surface area (Å²) >= 11 is 0. The van der Waals surface area contributed by atoms with Crippen LogP contribution >= 0.6 is 0 Å². The first kappa shape index (κ1) is 30.3. The topological polar surface area (TPSA) is 18.5 Å². The average Bonchev–Trinajstić information content (AvgIpc) is 3.15. The molecular formula is C42H40O2Si2. The van der Waals surface area contributed by atoms with Crippen LogP contribution in [0.25, 0.3) is 0 Å². The normalized spacial score (nSPS) is 17.0. The minimum atomic E-state index is -2.93. The third-order valence-corrected chi connectivity index (χ3v) is 17.6. The molecular weight excluding hydrogens is 593 g/mol. The highest BCUT2D eigenvalue weighted by atomic mass is 28.4. The van der Waals surface area contributed by atoms with Crippen LogP contribution in [0.3, 0.4) is 0 Å². The van der Waals surface area contributed by atoms with E-state index in [1.165, 1.54) is 31.1 Å². The lowest BCUT2D eigenvalue weighted by molar-refractivity contribution is 0.0197. The van der Waals surface area contributed by atoms with Gasteiger partial charge in [-0.15, -0.1) is 0 Å². The van der Waals surface area contributed by atoms with Crippen LogP contribution in [0, 0.1) is 0 Å². The summed E-state index contributed by atoms with van der Waals surface area (Å²) in [6.45, 7) is 0. The van der Waals surface area contributed by atoms with Crippen molar-refractivity contribution in [3.8, 4) is 0 Å². The minimum Gasteiger partial charge on any atom is -0.399 e. The fourth-order valence-corrected chi connectivity index (χ4v) is 15.5. The summed E-state index contributed by atoms with van der Waals surface area (Å²) in [5.41, 5.74) is 0. The first-order valence-corrected chi connectivity index (χ1v) is 20.3. The van der Waals surface area contributed by atoms with Crippen molar-refractivity contribution < 1.29 is 8.85 Å². The average molecular weight is 633 g/mol. The van der Waals surface area contributed by atoms with Gasteiger partial charge in [-0.3, -0.25) is 0 Å². The third-order valence-electron chi connectivity index (χ3n) is 9.38. The van der Waals surface area contributed by atoms with E-state index in [9.17, 15) is 0 Å². The van der Waals surface area contributed by atoms with Crippen molar-refractivity contribution in [3.63, 3.8) is 0 Å². The Morgan fingerprint density at radius 1 is 0.304 bits per heavy atom. The Balaban J connectivity index is 1.39. The van der Waals surface area contributed by atoms with E-state index in [4.69, 9.17) is 8.85 Å². The van der Waals surface area contributed by atoms with E-state index in [1.54, 1.807) is 0 Å². The molecule has 0 bridgehead atoms. The van der Waals surface area contributed by atoms with Crippen LogP contribution in [-0.2, 0) is 8.85 Å². The van der Waals surface area contributed by atoms with E-state index < -0.39 is 16.6 Å². The summed E-state index contributed by atoms with van der Waals surface area (Å²) in [6, 6.07) is 65.6. The summed E-state index contributed by atoms with van der Waals surface area (Å²) in [4.78, 5) is 0. The van der Waals surface area contributed by atoms with Gasteiger partial charge in [0.15, 0.2) is 0 Å². The molecule has 2 unspecified atom stereocenters. The van der Waals surface area contributed by atoms with Gasteiger partial charge in [-0.2, -0.15) is 0 Å². The molecule has 1 aliphatic carbocycles. The molecule has 1 saturated carbocycles. The van der Waals surface area contributed by atoms with Crippen molar-refractivity contribution in [2.24, 2.45) is 0 Å². The van der Waals surface area contributed by atoms with Crippen molar-refractivity contribution in [2.75, 3.05) is 0 Å². The molecule has 0 radical (unpaired) electrons. The predicted octanol–water partition coefficient (Wildman–Crippen LogP) is 5.67. The van der Waals surface area contributed by atoms with Gasteiger partial charge in [0.25, 0.3) is 16.6 Å². The molecule has 0 amide bonds. The van der Waals surface area contributed by atoms with Gasteiger partial charge in [-0.25, -0.2) is 0 Å². The lowest BCUT2D eigenvalue weighted by atomic mass is 9.95. The highest BCUT2D eigenvalue weighted by Crippen LogP contribution is 2.29. The lowest BCUT2D eigenvalue weighted by Crippen LogP contribution is -2.73. The fraction of sp³-hybridized carbons (Fsp3) is 0.143. The molecule has 1 fully saturated rings. The Kier molecular flexibility index (Phi) is 9.22. The van der Waals surface area contributed by atoms with Crippen LogP contribution in [0.5, 0.6) is 0 Å². The monoisotopic (exact) mass is 632 g/mol. The molecule has 6 aromatic carbocycles. The largest absolute Gasteiger partial charge is 0.399 e. The summed E-state index contributed by atoms with van der Waals surface area (Å²) in [6.07, 6.45) is 4.06. The maximum atomic E-state index is 7.84. The number of benzene rings is 6. The molecule has 7 rings (SSSR count). The quantitative estimate of drug-likeness (QED) is 0.143. The molecule has 0 aliphatic heterocycles. The second-order valence-electron chi connectivity index (χ2n) is 12.2. The minimum absolute atomic E-state index is 0.0657. The van der Waals surface area contributed by atoms with E-state index in [2.05, 4.69) is 182 Å². The molecule has 0 spiro atoms. The molecule has 0 heterocycles. The zero-order valence-electron chi connectivity index (χ0n) is 26.1.